The van der Waals surface area contributed by atoms with Crippen LogP contribution in [0.3, 0.4) is 0 Å². The Morgan fingerprint density at radius 2 is 1.71 bits per heavy atom. The van der Waals surface area contributed by atoms with Crippen molar-refractivity contribution in [3.8, 4) is 17.6 Å². The van der Waals surface area contributed by atoms with Crippen molar-refractivity contribution in [2.75, 3.05) is 6.61 Å². The van der Waals surface area contributed by atoms with Crippen LogP contribution in [0.25, 0.3) is 0 Å². The van der Waals surface area contributed by atoms with Crippen LogP contribution >= 0.6 is 11.6 Å². The van der Waals surface area contributed by atoms with E-state index in [2.05, 4.69) is 24.0 Å². The molecule has 2 N–H and O–H groups in total. The van der Waals surface area contributed by atoms with Gasteiger partial charge in [0.15, 0.2) is 0 Å². The van der Waals surface area contributed by atoms with Gasteiger partial charge in [-0.3, -0.25) is 4.79 Å². The topological polar surface area (TPSA) is 55.6 Å². The lowest BCUT2D eigenvalue weighted by molar-refractivity contribution is -0.133. The van der Waals surface area contributed by atoms with Crippen molar-refractivity contribution in [3.05, 3.63) is 100 Å². The van der Waals surface area contributed by atoms with Gasteiger partial charge in [-0.1, -0.05) is 72.0 Å². The molecule has 3 aromatic carbocycles. The first-order valence-electron chi connectivity index (χ1n) is 10.2. The highest BCUT2D eigenvalue weighted by atomic mass is 35.5. The molecule has 4 rings (SSSR count). The highest BCUT2D eigenvalue weighted by Gasteiger charge is 2.27. The van der Waals surface area contributed by atoms with E-state index in [1.807, 2.05) is 54.6 Å². The van der Waals surface area contributed by atoms with Crippen molar-refractivity contribution >= 4 is 17.5 Å². The maximum atomic E-state index is 12.8. The quantitative estimate of drug-likeness (QED) is 0.618. The lowest BCUT2D eigenvalue weighted by Gasteiger charge is -2.20. The molecular weight excluding hydrogens is 408 g/mol. The fourth-order valence-electron chi connectivity index (χ4n) is 3.61. The van der Waals surface area contributed by atoms with Crippen LogP contribution in [-0.2, 0) is 24.3 Å². The van der Waals surface area contributed by atoms with Gasteiger partial charge in [-0.2, -0.15) is 0 Å². The summed E-state index contributed by atoms with van der Waals surface area (Å²) >= 11 is 6.44. The standard InChI is InChI=1S/C26H23ClN2O2/c27-24-15-19(7-6-14-31-23-10-2-1-3-11-23)12-13-20(24)16-25(28)26(30)29-17-21-8-4-5-9-22(21)18-29/h1-5,8-13,15,25H,14,16-18,28H2. The lowest BCUT2D eigenvalue weighted by atomic mass is 10.0. The van der Waals surface area contributed by atoms with Crippen LogP contribution in [0.15, 0.2) is 72.8 Å². The van der Waals surface area contributed by atoms with Gasteiger partial charge in [-0.15, -0.1) is 0 Å². The summed E-state index contributed by atoms with van der Waals surface area (Å²) in [7, 11) is 0. The number of nitrogens with two attached hydrogens (primary N) is 1. The number of carbonyl (C=O) groups excluding carboxylic acids is 1. The molecule has 0 bridgehead atoms. The van der Waals surface area contributed by atoms with E-state index in [4.69, 9.17) is 22.1 Å². The molecule has 156 valence electrons. The van der Waals surface area contributed by atoms with Gasteiger partial charge < -0.3 is 15.4 Å². The Morgan fingerprint density at radius 1 is 1.03 bits per heavy atom. The molecule has 0 fully saturated rings. The summed E-state index contributed by atoms with van der Waals surface area (Å²) in [5.41, 5.74) is 10.2. The minimum Gasteiger partial charge on any atom is -0.481 e. The first-order valence-corrected chi connectivity index (χ1v) is 10.5. The third-order valence-corrected chi connectivity index (χ3v) is 5.60. The number of hydrogen-bond donors (Lipinski definition) is 1. The predicted octanol–water partition coefficient (Wildman–Crippen LogP) is 4.18. The van der Waals surface area contributed by atoms with E-state index >= 15 is 0 Å². The van der Waals surface area contributed by atoms with Crippen LogP contribution in [0, 0.1) is 11.8 Å². The van der Waals surface area contributed by atoms with Gasteiger partial charge in [0.25, 0.3) is 0 Å². The van der Waals surface area contributed by atoms with E-state index in [-0.39, 0.29) is 5.91 Å². The highest BCUT2D eigenvalue weighted by molar-refractivity contribution is 6.31. The molecule has 0 saturated carbocycles. The Balaban J connectivity index is 1.33. The Morgan fingerprint density at radius 3 is 2.39 bits per heavy atom. The Hall–Kier alpha value is -3.26. The minimum atomic E-state index is -0.636. The van der Waals surface area contributed by atoms with Crippen LogP contribution in [0.1, 0.15) is 22.3 Å². The number of nitrogens with zero attached hydrogens (tertiary/aromatic N) is 1. The monoisotopic (exact) mass is 430 g/mol. The molecule has 31 heavy (non-hydrogen) atoms. The summed E-state index contributed by atoms with van der Waals surface area (Å²) in [5, 5.41) is 0.559. The summed E-state index contributed by atoms with van der Waals surface area (Å²) in [5.74, 6) is 6.75. The second kappa shape index (κ2) is 9.70. The van der Waals surface area contributed by atoms with Gasteiger partial charge >= 0.3 is 0 Å². The third kappa shape index (κ3) is 5.27. The number of halogens is 1. The fraction of sp³-hybridized carbons (Fsp3) is 0.192. The van der Waals surface area contributed by atoms with Crippen molar-refractivity contribution in [2.24, 2.45) is 5.73 Å². The summed E-state index contributed by atoms with van der Waals surface area (Å²) in [6.45, 7) is 1.51. The molecule has 0 aromatic heterocycles. The first-order chi connectivity index (χ1) is 15.1. The van der Waals surface area contributed by atoms with Gasteiger partial charge in [0.2, 0.25) is 5.91 Å². The van der Waals surface area contributed by atoms with Crippen LogP contribution in [-0.4, -0.2) is 23.5 Å². The van der Waals surface area contributed by atoms with Crippen LogP contribution in [0.5, 0.6) is 5.75 Å². The Labute approximate surface area is 187 Å². The zero-order valence-electron chi connectivity index (χ0n) is 17.1. The number of rotatable bonds is 5. The molecule has 0 aliphatic carbocycles. The van der Waals surface area contributed by atoms with Crippen LogP contribution < -0.4 is 10.5 Å². The third-order valence-electron chi connectivity index (χ3n) is 5.25. The predicted molar refractivity (Wildman–Crippen MR) is 123 cm³/mol. The molecule has 4 nitrogen and oxygen atoms in total. The molecule has 1 aliphatic rings. The number of carbonyl (C=O) groups is 1. The van der Waals surface area contributed by atoms with Gasteiger partial charge in [0.1, 0.15) is 12.4 Å². The summed E-state index contributed by atoms with van der Waals surface area (Å²) in [6.07, 6.45) is 0.384. The number of fused-ring (bicyclic) bond motifs is 1. The fourth-order valence-corrected chi connectivity index (χ4v) is 3.87. The van der Waals surface area contributed by atoms with Crippen LogP contribution in [0.2, 0.25) is 5.02 Å². The minimum absolute atomic E-state index is 0.0609. The van der Waals surface area contributed by atoms with E-state index in [9.17, 15) is 4.79 Å². The molecule has 0 spiro atoms. The molecule has 1 heterocycles. The second-order valence-electron chi connectivity index (χ2n) is 7.48. The number of hydrogen-bond acceptors (Lipinski definition) is 3. The number of amides is 1. The molecule has 5 heteroatoms. The number of ether oxygens (including phenoxy) is 1. The number of para-hydroxylation sites is 1. The zero-order chi connectivity index (χ0) is 21.6. The van der Waals surface area contributed by atoms with E-state index < -0.39 is 6.04 Å². The van der Waals surface area contributed by atoms with Gasteiger partial charge in [-0.05, 0) is 47.4 Å². The molecule has 1 unspecified atom stereocenters. The van der Waals surface area contributed by atoms with Crippen molar-refractivity contribution in [2.45, 2.75) is 25.6 Å². The van der Waals surface area contributed by atoms with Crippen molar-refractivity contribution in [1.29, 1.82) is 0 Å². The van der Waals surface area contributed by atoms with Gasteiger partial charge in [-0.25, -0.2) is 0 Å². The maximum absolute atomic E-state index is 12.8. The summed E-state index contributed by atoms with van der Waals surface area (Å²) in [4.78, 5) is 14.6. The Bertz CT molecular complexity index is 1110. The van der Waals surface area contributed by atoms with E-state index in [0.29, 0.717) is 31.1 Å². The molecule has 1 aliphatic heterocycles. The molecular formula is C26H23ClN2O2. The smallest absolute Gasteiger partial charge is 0.240 e. The highest BCUT2D eigenvalue weighted by Crippen LogP contribution is 2.24. The van der Waals surface area contributed by atoms with E-state index in [0.717, 1.165) is 16.9 Å². The Kier molecular flexibility index (Phi) is 6.57. The van der Waals surface area contributed by atoms with Crippen molar-refractivity contribution in [1.82, 2.24) is 4.90 Å². The van der Waals surface area contributed by atoms with E-state index in [1.54, 1.807) is 11.0 Å². The molecule has 1 amide bonds. The van der Waals surface area contributed by atoms with Crippen molar-refractivity contribution in [3.63, 3.8) is 0 Å². The summed E-state index contributed by atoms with van der Waals surface area (Å²) < 4.78 is 5.57. The number of benzene rings is 3. The normalized spacial score (nSPS) is 13.2. The molecule has 1 atom stereocenters. The van der Waals surface area contributed by atoms with Crippen molar-refractivity contribution < 1.29 is 9.53 Å². The molecule has 0 saturated heterocycles. The lowest BCUT2D eigenvalue weighted by Crippen LogP contribution is -2.42. The molecule has 0 radical (unpaired) electrons. The van der Waals surface area contributed by atoms with Gasteiger partial charge in [0.05, 0.1) is 6.04 Å². The first kappa shape index (κ1) is 21.0. The SMILES string of the molecule is NC(Cc1ccc(C#CCOc2ccccc2)cc1Cl)C(=O)N1Cc2ccccc2C1. The zero-order valence-corrected chi connectivity index (χ0v) is 17.8. The second-order valence-corrected chi connectivity index (χ2v) is 7.89. The maximum Gasteiger partial charge on any atom is 0.240 e. The van der Waals surface area contributed by atoms with Gasteiger partial charge in [0, 0.05) is 23.7 Å². The largest absolute Gasteiger partial charge is 0.481 e. The van der Waals surface area contributed by atoms with E-state index in [1.165, 1.54) is 11.1 Å². The average molecular weight is 431 g/mol. The average Bonchev–Trinajstić information content (AvgIpc) is 3.23. The van der Waals surface area contributed by atoms with Crippen LogP contribution in [0.4, 0.5) is 0 Å². The summed E-state index contributed by atoms with van der Waals surface area (Å²) in [6, 6.07) is 22.6. The molecule has 3 aromatic rings.